The summed E-state index contributed by atoms with van der Waals surface area (Å²) in [7, 11) is 0. The zero-order valence-electron chi connectivity index (χ0n) is 10.3. The van der Waals surface area contributed by atoms with Crippen molar-refractivity contribution < 1.29 is 9.74 Å². The summed E-state index contributed by atoms with van der Waals surface area (Å²) in [6.45, 7) is 0. The maximum atomic E-state index is 9.86. The molecule has 2 heterocycles. The Kier molecular flexibility index (Phi) is 3.14. The van der Waals surface area contributed by atoms with E-state index in [9.17, 15) is 5.11 Å². The molecular weight excluding hydrogens is 342 g/mol. The van der Waals surface area contributed by atoms with Crippen LogP contribution in [0.25, 0.3) is 10.9 Å². The molecule has 0 atom stereocenters. The van der Waals surface area contributed by atoms with E-state index in [1.165, 1.54) is 0 Å². The Labute approximate surface area is 125 Å². The van der Waals surface area contributed by atoms with Crippen LogP contribution in [0.1, 0.15) is 5.69 Å². The van der Waals surface area contributed by atoms with Crippen LogP contribution in [0.2, 0.25) is 0 Å². The zero-order valence-corrected chi connectivity index (χ0v) is 11.9. The summed E-state index contributed by atoms with van der Waals surface area (Å²) in [6.07, 6.45) is 0. The van der Waals surface area contributed by atoms with Gasteiger partial charge in [-0.3, -0.25) is 5.41 Å². The first-order valence-corrected chi connectivity index (χ1v) is 6.44. The van der Waals surface area contributed by atoms with Crippen LogP contribution in [0.3, 0.4) is 0 Å². The molecule has 2 aromatic heterocycles. The van der Waals surface area contributed by atoms with Crippen molar-refractivity contribution in [2.75, 3.05) is 5.73 Å². The number of nitrogens with one attached hydrogen (secondary N) is 2. The molecule has 0 aliphatic rings. The van der Waals surface area contributed by atoms with E-state index < -0.39 is 0 Å². The lowest BCUT2D eigenvalue weighted by molar-refractivity contribution is 0.308. The van der Waals surface area contributed by atoms with E-state index in [-0.39, 0.29) is 28.9 Å². The number of nitrogens with zero attached hydrogens (tertiary/aromatic N) is 4. The number of amidine groups is 1. The van der Waals surface area contributed by atoms with Crippen molar-refractivity contribution in [3.8, 4) is 5.88 Å². The molecule has 10 heteroatoms. The highest BCUT2D eigenvalue weighted by molar-refractivity contribution is 9.10. The largest absolute Gasteiger partial charge is 0.493 e. The van der Waals surface area contributed by atoms with Gasteiger partial charge in [-0.05, 0) is 28.5 Å². The van der Waals surface area contributed by atoms with E-state index in [1.54, 1.807) is 12.1 Å². The average molecular weight is 350 g/mol. The number of anilines is 1. The van der Waals surface area contributed by atoms with Crippen LogP contribution in [-0.2, 0) is 0 Å². The molecule has 9 nitrogen and oxygen atoms in total. The van der Waals surface area contributed by atoms with Gasteiger partial charge in [-0.25, -0.2) is 4.63 Å². The van der Waals surface area contributed by atoms with Gasteiger partial charge in [0.05, 0.1) is 5.52 Å². The van der Waals surface area contributed by atoms with Gasteiger partial charge in [0.2, 0.25) is 11.7 Å². The predicted octanol–water partition coefficient (Wildman–Crippen LogP) is 2.71. The molecule has 21 heavy (non-hydrogen) atoms. The number of fused-ring (bicyclic) bond motifs is 1. The van der Waals surface area contributed by atoms with Crippen molar-refractivity contribution in [1.82, 2.24) is 15.3 Å². The first-order valence-electron chi connectivity index (χ1n) is 5.65. The monoisotopic (exact) mass is 349 g/mol. The number of hydrogen-bond acceptors (Lipinski definition) is 7. The number of hydrogen-bond donors (Lipinski definition) is 4. The second-order valence-electron chi connectivity index (χ2n) is 4.06. The summed E-state index contributed by atoms with van der Waals surface area (Å²) < 4.78 is 5.21. The first-order chi connectivity index (χ1) is 10.1. The van der Waals surface area contributed by atoms with E-state index in [4.69, 9.17) is 11.1 Å². The van der Waals surface area contributed by atoms with Crippen molar-refractivity contribution in [1.29, 1.82) is 5.41 Å². The molecule has 1 aromatic carbocycles. The van der Waals surface area contributed by atoms with Gasteiger partial charge < -0.3 is 15.8 Å². The normalized spacial score (nSPS) is 11.5. The molecule has 0 amide bonds. The molecule has 0 bridgehead atoms. The fourth-order valence-corrected chi connectivity index (χ4v) is 2.11. The highest BCUT2D eigenvalue weighted by atomic mass is 79.9. The molecule has 0 unspecified atom stereocenters. The first kappa shape index (κ1) is 13.2. The number of aromatic nitrogens is 3. The molecule has 106 valence electrons. The number of H-pyrrole nitrogens is 1. The summed E-state index contributed by atoms with van der Waals surface area (Å²) >= 11 is 3.34. The molecule has 0 saturated carbocycles. The molecule has 0 fully saturated rings. The predicted molar refractivity (Wildman–Crippen MR) is 77.7 cm³/mol. The van der Waals surface area contributed by atoms with Gasteiger partial charge in [0.25, 0.3) is 0 Å². The molecular formula is C11H8BrN7O2. The average Bonchev–Trinajstić information content (AvgIpc) is 2.99. The lowest BCUT2D eigenvalue weighted by Crippen LogP contribution is -1.99. The van der Waals surface area contributed by atoms with Crippen LogP contribution in [0.5, 0.6) is 5.88 Å². The van der Waals surface area contributed by atoms with Crippen molar-refractivity contribution >= 4 is 44.2 Å². The minimum Gasteiger partial charge on any atom is -0.493 e. The van der Waals surface area contributed by atoms with E-state index in [2.05, 4.69) is 46.1 Å². The number of rotatable bonds is 2. The minimum absolute atomic E-state index is 0.0146. The van der Waals surface area contributed by atoms with Crippen LogP contribution in [0.4, 0.5) is 11.5 Å². The van der Waals surface area contributed by atoms with Crippen LogP contribution < -0.4 is 5.73 Å². The molecule has 3 rings (SSSR count). The van der Waals surface area contributed by atoms with Crippen LogP contribution in [0, 0.1) is 5.41 Å². The summed E-state index contributed by atoms with van der Waals surface area (Å²) in [5, 5.41) is 32.6. The van der Waals surface area contributed by atoms with Crippen molar-refractivity contribution in [3.05, 3.63) is 28.4 Å². The Hall–Kier alpha value is -2.75. The SMILES string of the molecule is N=C(N=Nc1c(O)[nH]c2ccc(Br)cc12)c1nonc1N. The number of nitrogens with two attached hydrogens (primary N) is 1. The zero-order chi connectivity index (χ0) is 15.0. The van der Waals surface area contributed by atoms with Crippen LogP contribution in [-0.4, -0.2) is 26.2 Å². The van der Waals surface area contributed by atoms with E-state index in [0.29, 0.717) is 10.9 Å². The molecule has 0 saturated heterocycles. The third-order valence-electron chi connectivity index (χ3n) is 2.70. The summed E-state index contributed by atoms with van der Waals surface area (Å²) in [5.41, 5.74) is 6.35. The molecule has 5 N–H and O–H groups in total. The standard InChI is InChI=1S/C11H8BrN7O2/c12-4-1-2-6-5(3-4)7(11(20)15-6)16-17-9(13)8-10(14)19-21-18-8/h1-3,13,15,20H,(H2,14,19). The number of halogens is 1. The van der Waals surface area contributed by atoms with E-state index in [1.807, 2.05) is 6.07 Å². The highest BCUT2D eigenvalue weighted by Crippen LogP contribution is 2.36. The summed E-state index contributed by atoms with van der Waals surface area (Å²) in [6, 6.07) is 5.38. The van der Waals surface area contributed by atoms with Gasteiger partial charge in [0.15, 0.2) is 17.2 Å². The second-order valence-corrected chi connectivity index (χ2v) is 4.97. The number of benzene rings is 1. The third kappa shape index (κ3) is 2.36. The van der Waals surface area contributed by atoms with Gasteiger partial charge in [-0.1, -0.05) is 15.9 Å². The highest BCUT2D eigenvalue weighted by Gasteiger charge is 2.14. The molecule has 0 aliphatic heterocycles. The smallest absolute Gasteiger partial charge is 0.218 e. The van der Waals surface area contributed by atoms with E-state index >= 15 is 0 Å². The Morgan fingerprint density at radius 3 is 2.95 bits per heavy atom. The van der Waals surface area contributed by atoms with Crippen LogP contribution >= 0.6 is 15.9 Å². The quantitative estimate of drug-likeness (QED) is 0.318. The number of aromatic hydroxyl groups is 1. The number of nitrogen functional groups attached to an aromatic ring is 1. The summed E-state index contributed by atoms with van der Waals surface area (Å²) in [4.78, 5) is 2.76. The lowest BCUT2D eigenvalue weighted by atomic mass is 10.2. The lowest BCUT2D eigenvalue weighted by Gasteiger charge is -1.93. The third-order valence-corrected chi connectivity index (χ3v) is 3.20. The van der Waals surface area contributed by atoms with Gasteiger partial charge in [0, 0.05) is 9.86 Å². The number of aromatic amines is 1. The Bertz CT molecular complexity index is 867. The van der Waals surface area contributed by atoms with Gasteiger partial charge in [-0.15, -0.1) is 10.2 Å². The minimum atomic E-state index is -0.322. The Balaban J connectivity index is 2.00. The van der Waals surface area contributed by atoms with Crippen molar-refractivity contribution in [2.45, 2.75) is 0 Å². The van der Waals surface area contributed by atoms with E-state index in [0.717, 1.165) is 4.47 Å². The maximum Gasteiger partial charge on any atom is 0.218 e. The Morgan fingerprint density at radius 1 is 1.43 bits per heavy atom. The van der Waals surface area contributed by atoms with Gasteiger partial charge in [0.1, 0.15) is 0 Å². The topological polar surface area (TPSA) is 150 Å². The fraction of sp³-hybridized carbons (Fsp3) is 0. The molecule has 0 radical (unpaired) electrons. The number of azo groups is 1. The molecule has 0 aliphatic carbocycles. The molecule has 3 aromatic rings. The van der Waals surface area contributed by atoms with Crippen molar-refractivity contribution in [3.63, 3.8) is 0 Å². The van der Waals surface area contributed by atoms with Crippen LogP contribution in [0.15, 0.2) is 37.5 Å². The van der Waals surface area contributed by atoms with Gasteiger partial charge >= 0.3 is 0 Å². The fourth-order valence-electron chi connectivity index (χ4n) is 1.74. The second kappa shape index (κ2) is 4.98. The molecule has 0 spiro atoms. The summed E-state index contributed by atoms with van der Waals surface area (Å²) in [5.74, 6) is -0.520. The Morgan fingerprint density at radius 2 is 2.24 bits per heavy atom. The van der Waals surface area contributed by atoms with Gasteiger partial charge in [-0.2, -0.15) is 0 Å². The van der Waals surface area contributed by atoms with Crippen molar-refractivity contribution in [2.24, 2.45) is 10.2 Å². The maximum absolute atomic E-state index is 9.86.